The predicted molar refractivity (Wildman–Crippen MR) is 292 cm³/mol. The first kappa shape index (κ1) is 63.0. The van der Waals surface area contributed by atoms with E-state index in [0.717, 1.165) is 10.5 Å². The lowest BCUT2D eigenvalue weighted by Gasteiger charge is -2.41. The van der Waals surface area contributed by atoms with E-state index in [4.69, 9.17) is 5.73 Å². The standard InChI is InChI=1S/C57H78FN9O11/c1-8-39-21-22-41(58)32-42(39)40-31-45(65(34-40)33-38-17-11-9-12-18-38)52(57(5,6)7)67(50(73)35-68)30-26-43(59)54(75)61-28-25-46(69)60-27-15-14-19-44(56(77)78)63-53(74)37(4)62-55(76)51(36(2)3)64-47(70)20-13-10-16-29-66-48(71)23-24-49(66)72/h8-9,11-12,17-18,21-24,31-32,34,36-37,43-44,51-52,68H,1,10,13-16,19-20,25-30,33,35,59H2,2-7H3,(H,60,69)(H,61,75)(H,62,76)(H,63,74)(H,64,70)(H,77,78)/t37-,43-,44-,51-,52-/m0/s1. The van der Waals surface area contributed by atoms with Gasteiger partial charge < -0.3 is 52.0 Å². The van der Waals surface area contributed by atoms with Gasteiger partial charge in [-0.2, -0.15) is 0 Å². The molecule has 2 heterocycles. The van der Waals surface area contributed by atoms with E-state index < -0.39 is 83.6 Å². The van der Waals surface area contributed by atoms with E-state index in [0.29, 0.717) is 61.0 Å². The second-order valence-corrected chi connectivity index (χ2v) is 20.9. The molecule has 0 spiro atoms. The van der Waals surface area contributed by atoms with Gasteiger partial charge in [0.05, 0.1) is 12.1 Å². The highest BCUT2D eigenvalue weighted by atomic mass is 19.1. The summed E-state index contributed by atoms with van der Waals surface area (Å²) in [5.74, 6) is -6.11. The summed E-state index contributed by atoms with van der Waals surface area (Å²) in [7, 11) is 0. The Morgan fingerprint density at radius 3 is 2.12 bits per heavy atom. The first-order chi connectivity index (χ1) is 36.9. The van der Waals surface area contributed by atoms with Crippen LogP contribution in [0.1, 0.15) is 122 Å². The van der Waals surface area contributed by atoms with Crippen LogP contribution in [0.4, 0.5) is 4.39 Å². The van der Waals surface area contributed by atoms with Gasteiger partial charge in [0.25, 0.3) is 11.8 Å². The minimum absolute atomic E-state index is 0.00912. The van der Waals surface area contributed by atoms with Crippen LogP contribution in [0.2, 0.25) is 0 Å². The zero-order valence-electron chi connectivity index (χ0n) is 45.6. The number of nitrogens with two attached hydrogens (primary N) is 1. The van der Waals surface area contributed by atoms with Crippen LogP contribution in [0.15, 0.2) is 79.5 Å². The number of nitrogens with zero attached hydrogens (tertiary/aromatic N) is 3. The highest BCUT2D eigenvalue weighted by molar-refractivity contribution is 6.12. The van der Waals surface area contributed by atoms with E-state index in [1.165, 1.54) is 36.1 Å². The Balaban J connectivity index is 1.22. The van der Waals surface area contributed by atoms with Crippen LogP contribution in [0, 0.1) is 17.2 Å². The lowest BCUT2D eigenvalue weighted by Crippen LogP contribution is -2.56. The second kappa shape index (κ2) is 30.4. The number of carbonyl (C=O) groups is 9. The van der Waals surface area contributed by atoms with E-state index >= 15 is 0 Å². The molecule has 21 heteroatoms. The van der Waals surface area contributed by atoms with Crippen molar-refractivity contribution in [2.24, 2.45) is 17.1 Å². The van der Waals surface area contributed by atoms with Gasteiger partial charge in [-0.3, -0.25) is 43.3 Å². The van der Waals surface area contributed by atoms with Crippen LogP contribution in [0.5, 0.6) is 0 Å². The van der Waals surface area contributed by atoms with E-state index in [9.17, 15) is 57.8 Å². The van der Waals surface area contributed by atoms with Gasteiger partial charge in [0.15, 0.2) is 0 Å². The van der Waals surface area contributed by atoms with Gasteiger partial charge in [-0.05, 0) is 91.7 Å². The Morgan fingerprint density at radius 2 is 1.49 bits per heavy atom. The predicted octanol–water partition coefficient (Wildman–Crippen LogP) is 4.10. The number of carboxylic acid groups (broad SMARTS) is 1. The topological polar surface area (TPSA) is 292 Å². The van der Waals surface area contributed by atoms with Crippen LogP contribution in [-0.2, 0) is 49.7 Å². The number of rotatable bonds is 32. The number of carboxylic acids is 1. The molecule has 8 amide bonds. The Hall–Kier alpha value is -7.52. The second-order valence-electron chi connectivity index (χ2n) is 20.9. The monoisotopic (exact) mass is 1080 g/mol. The Labute approximate surface area is 455 Å². The first-order valence-electron chi connectivity index (χ1n) is 26.5. The average Bonchev–Trinajstić information content (AvgIpc) is 4.00. The van der Waals surface area contributed by atoms with Gasteiger partial charge in [-0.1, -0.05) is 90.1 Å². The minimum atomic E-state index is -1.30. The summed E-state index contributed by atoms with van der Waals surface area (Å²) in [6, 6.07) is 10.9. The highest BCUT2D eigenvalue weighted by Crippen LogP contribution is 2.41. The number of imide groups is 1. The molecule has 0 fully saturated rings. The van der Waals surface area contributed by atoms with Crippen LogP contribution < -0.4 is 32.3 Å². The molecular weight excluding hydrogens is 1010 g/mol. The summed E-state index contributed by atoms with van der Waals surface area (Å²) in [5.41, 5.74) is 9.44. The number of aliphatic hydroxyl groups excluding tert-OH is 1. The molecule has 3 aromatic rings. The molecule has 0 aliphatic carbocycles. The molecular formula is C57H78FN9O11. The van der Waals surface area contributed by atoms with Crippen molar-refractivity contribution in [3.63, 3.8) is 0 Å². The number of aliphatic hydroxyl groups is 1. The zero-order valence-corrected chi connectivity index (χ0v) is 45.6. The summed E-state index contributed by atoms with van der Waals surface area (Å²) in [6.45, 7) is 14.6. The lowest BCUT2D eigenvalue weighted by molar-refractivity contribution is -0.142. The number of aromatic nitrogens is 1. The summed E-state index contributed by atoms with van der Waals surface area (Å²) in [5, 5.41) is 33.1. The van der Waals surface area contributed by atoms with Gasteiger partial charge in [0, 0.05) is 75.2 Å². The lowest BCUT2D eigenvalue weighted by atomic mass is 9.82. The number of amides is 8. The van der Waals surface area contributed by atoms with Crippen LogP contribution in [0.3, 0.4) is 0 Å². The maximum Gasteiger partial charge on any atom is 0.326 e. The number of unbranched alkanes of at least 4 members (excludes halogenated alkanes) is 3. The number of hydrogen-bond acceptors (Lipinski definition) is 11. The molecule has 1 aromatic heterocycles. The molecule has 9 N–H and O–H groups in total. The summed E-state index contributed by atoms with van der Waals surface area (Å²) < 4.78 is 16.7. The third-order valence-electron chi connectivity index (χ3n) is 13.3. The Kier molecular flexibility index (Phi) is 24.6. The molecule has 0 unspecified atom stereocenters. The molecule has 4 rings (SSSR count). The Morgan fingerprint density at radius 1 is 0.795 bits per heavy atom. The zero-order chi connectivity index (χ0) is 57.7. The summed E-state index contributed by atoms with van der Waals surface area (Å²) >= 11 is 0. The number of hydrogen-bond donors (Lipinski definition) is 8. The van der Waals surface area contributed by atoms with Gasteiger partial charge in [-0.15, -0.1) is 0 Å². The highest BCUT2D eigenvalue weighted by Gasteiger charge is 2.38. The van der Waals surface area contributed by atoms with Crippen LogP contribution in [0.25, 0.3) is 17.2 Å². The van der Waals surface area contributed by atoms with Crippen molar-refractivity contribution in [3.8, 4) is 11.1 Å². The SMILES string of the molecule is C=Cc1ccc(F)cc1-c1cc([C@H](N(CC[C@H](N)C(=O)NCCC(=O)NCCCC[C@H](NC(=O)[C@H](C)NC(=O)[C@@H](NC(=O)CCCCCN2C(=O)C=CC2=O)C(C)C)C(=O)O)C(=O)CO)C(C)(C)C)n(Cc2ccccc2)c1. The minimum Gasteiger partial charge on any atom is -0.480 e. The number of halogens is 1. The molecule has 0 saturated heterocycles. The molecule has 1 aliphatic rings. The molecule has 0 radical (unpaired) electrons. The van der Waals surface area contributed by atoms with Crippen LogP contribution in [-0.4, -0.2) is 135 Å². The largest absolute Gasteiger partial charge is 0.480 e. The van der Waals surface area contributed by atoms with Gasteiger partial charge in [0.2, 0.25) is 35.4 Å². The molecule has 5 atom stereocenters. The van der Waals surface area contributed by atoms with Gasteiger partial charge >= 0.3 is 5.97 Å². The van der Waals surface area contributed by atoms with Crippen molar-refractivity contribution in [3.05, 3.63) is 102 Å². The van der Waals surface area contributed by atoms with Gasteiger partial charge in [0.1, 0.15) is 30.5 Å². The molecule has 2 aromatic carbocycles. The fourth-order valence-electron chi connectivity index (χ4n) is 9.05. The van der Waals surface area contributed by atoms with E-state index in [2.05, 4.69) is 33.2 Å². The maximum atomic E-state index is 14.7. The number of benzene rings is 2. The quantitative estimate of drug-likeness (QED) is 0.0324. The Bertz CT molecular complexity index is 2610. The number of aliphatic carboxylic acids is 1. The molecule has 78 heavy (non-hydrogen) atoms. The fourth-order valence-corrected chi connectivity index (χ4v) is 9.05. The molecule has 424 valence electrons. The average molecular weight is 1080 g/mol. The van der Waals surface area contributed by atoms with Crippen molar-refractivity contribution in [2.45, 2.75) is 136 Å². The third-order valence-corrected chi connectivity index (χ3v) is 13.3. The van der Waals surface area contributed by atoms with Crippen LogP contribution >= 0.6 is 0 Å². The molecule has 0 saturated carbocycles. The van der Waals surface area contributed by atoms with Crippen molar-refractivity contribution in [1.29, 1.82) is 0 Å². The molecule has 0 bridgehead atoms. The molecule has 20 nitrogen and oxygen atoms in total. The number of carbonyl (C=O) groups excluding carboxylic acids is 8. The van der Waals surface area contributed by atoms with Crippen molar-refractivity contribution in [2.75, 3.05) is 32.8 Å². The summed E-state index contributed by atoms with van der Waals surface area (Å²) in [4.78, 5) is 117. The van der Waals surface area contributed by atoms with Crippen molar-refractivity contribution in [1.82, 2.24) is 41.0 Å². The van der Waals surface area contributed by atoms with Crippen molar-refractivity contribution < 1.29 is 57.8 Å². The van der Waals surface area contributed by atoms with E-state index in [-0.39, 0.29) is 75.5 Å². The first-order valence-corrected chi connectivity index (χ1v) is 26.5. The van der Waals surface area contributed by atoms with Crippen molar-refractivity contribution >= 4 is 59.3 Å². The normalized spacial score (nSPS) is 14.3. The smallest absolute Gasteiger partial charge is 0.326 e. The maximum absolute atomic E-state index is 14.7. The molecule has 1 aliphatic heterocycles. The van der Waals surface area contributed by atoms with Gasteiger partial charge in [-0.25, -0.2) is 9.18 Å². The van der Waals surface area contributed by atoms with E-state index in [1.54, 1.807) is 26.0 Å². The summed E-state index contributed by atoms with van der Waals surface area (Å²) in [6.07, 6.45) is 8.18. The fraction of sp³-hybridized carbons (Fsp3) is 0.491. The van der Waals surface area contributed by atoms with E-state index in [1.807, 2.05) is 67.9 Å². The third kappa shape index (κ3) is 19.2. The number of nitrogens with one attached hydrogen (secondary N) is 5.